The lowest BCUT2D eigenvalue weighted by atomic mass is 9.79. The Kier molecular flexibility index (Phi) is 2.99. The zero-order chi connectivity index (χ0) is 12.5. The first-order valence-electron chi connectivity index (χ1n) is 6.95. The summed E-state index contributed by atoms with van der Waals surface area (Å²) in [6.07, 6.45) is 5.37. The molecule has 1 aliphatic carbocycles. The van der Waals surface area contributed by atoms with Gasteiger partial charge >= 0.3 is 0 Å². The SMILES string of the molecule is CC1CCC(c2ccc3cc(O)ccc3c2)CC1. The van der Waals surface area contributed by atoms with E-state index in [9.17, 15) is 5.11 Å². The first-order chi connectivity index (χ1) is 8.72. The van der Waals surface area contributed by atoms with Gasteiger partial charge in [-0.15, -0.1) is 0 Å². The second-order valence-corrected chi connectivity index (χ2v) is 5.75. The second kappa shape index (κ2) is 4.64. The molecule has 0 aliphatic heterocycles. The molecule has 1 N–H and O–H groups in total. The van der Waals surface area contributed by atoms with Crippen LogP contribution in [-0.4, -0.2) is 5.11 Å². The maximum absolute atomic E-state index is 9.48. The van der Waals surface area contributed by atoms with E-state index in [2.05, 4.69) is 25.1 Å². The fourth-order valence-electron chi connectivity index (χ4n) is 3.10. The van der Waals surface area contributed by atoms with Crippen molar-refractivity contribution in [3.63, 3.8) is 0 Å². The van der Waals surface area contributed by atoms with Crippen LogP contribution in [-0.2, 0) is 0 Å². The monoisotopic (exact) mass is 240 g/mol. The van der Waals surface area contributed by atoms with E-state index in [1.165, 1.54) is 36.6 Å². The van der Waals surface area contributed by atoms with E-state index in [1.807, 2.05) is 12.1 Å². The van der Waals surface area contributed by atoms with Gasteiger partial charge in [-0.25, -0.2) is 0 Å². The summed E-state index contributed by atoms with van der Waals surface area (Å²) in [4.78, 5) is 0. The van der Waals surface area contributed by atoms with Gasteiger partial charge in [0.1, 0.15) is 5.75 Å². The summed E-state index contributed by atoms with van der Waals surface area (Å²) in [5, 5.41) is 11.8. The predicted molar refractivity (Wildman–Crippen MR) is 76.0 cm³/mol. The van der Waals surface area contributed by atoms with Crippen molar-refractivity contribution in [3.8, 4) is 5.75 Å². The van der Waals surface area contributed by atoms with Gasteiger partial charge in [-0.05, 0) is 53.1 Å². The summed E-state index contributed by atoms with van der Waals surface area (Å²) in [7, 11) is 0. The van der Waals surface area contributed by atoms with Crippen molar-refractivity contribution >= 4 is 10.8 Å². The third kappa shape index (κ3) is 2.22. The number of hydrogen-bond acceptors (Lipinski definition) is 1. The first-order valence-corrected chi connectivity index (χ1v) is 6.95. The zero-order valence-electron chi connectivity index (χ0n) is 10.9. The third-order valence-corrected chi connectivity index (χ3v) is 4.34. The maximum Gasteiger partial charge on any atom is 0.116 e. The Labute approximate surface area is 108 Å². The number of phenolic OH excluding ortho intramolecular Hbond substituents is 1. The summed E-state index contributed by atoms with van der Waals surface area (Å²) in [6, 6.07) is 12.3. The van der Waals surface area contributed by atoms with E-state index < -0.39 is 0 Å². The quantitative estimate of drug-likeness (QED) is 0.756. The molecule has 0 saturated heterocycles. The van der Waals surface area contributed by atoms with Crippen LogP contribution in [0.5, 0.6) is 5.75 Å². The highest BCUT2D eigenvalue weighted by Gasteiger charge is 2.19. The van der Waals surface area contributed by atoms with Crippen molar-refractivity contribution in [1.29, 1.82) is 0 Å². The van der Waals surface area contributed by atoms with Crippen molar-refractivity contribution in [3.05, 3.63) is 42.0 Å². The van der Waals surface area contributed by atoms with Crippen molar-refractivity contribution in [2.45, 2.75) is 38.5 Å². The average molecular weight is 240 g/mol. The fourth-order valence-corrected chi connectivity index (χ4v) is 3.10. The molecule has 1 nitrogen and oxygen atoms in total. The summed E-state index contributed by atoms with van der Waals surface area (Å²) in [5.41, 5.74) is 1.47. The summed E-state index contributed by atoms with van der Waals surface area (Å²) < 4.78 is 0. The van der Waals surface area contributed by atoms with Crippen LogP contribution in [0.3, 0.4) is 0 Å². The maximum atomic E-state index is 9.48. The molecule has 1 fully saturated rings. The van der Waals surface area contributed by atoms with Crippen LogP contribution >= 0.6 is 0 Å². The van der Waals surface area contributed by atoms with E-state index in [1.54, 1.807) is 6.07 Å². The van der Waals surface area contributed by atoms with E-state index in [0.29, 0.717) is 5.75 Å². The summed E-state index contributed by atoms with van der Waals surface area (Å²) in [6.45, 7) is 2.36. The van der Waals surface area contributed by atoms with Gasteiger partial charge < -0.3 is 5.11 Å². The van der Waals surface area contributed by atoms with Gasteiger partial charge in [0, 0.05) is 0 Å². The normalized spacial score (nSPS) is 24.3. The second-order valence-electron chi connectivity index (χ2n) is 5.75. The Hall–Kier alpha value is -1.50. The Bertz CT molecular complexity index is 551. The molecule has 0 unspecified atom stereocenters. The van der Waals surface area contributed by atoms with Crippen LogP contribution in [0, 0.1) is 5.92 Å². The van der Waals surface area contributed by atoms with Crippen LogP contribution in [0.2, 0.25) is 0 Å². The van der Waals surface area contributed by atoms with Gasteiger partial charge in [-0.3, -0.25) is 0 Å². The minimum absolute atomic E-state index is 0.349. The van der Waals surface area contributed by atoms with E-state index in [-0.39, 0.29) is 0 Å². The minimum atomic E-state index is 0.349. The number of phenols is 1. The molecular formula is C17H20O. The lowest BCUT2D eigenvalue weighted by Gasteiger charge is -2.26. The van der Waals surface area contributed by atoms with Gasteiger partial charge in [0.25, 0.3) is 0 Å². The molecule has 0 atom stereocenters. The Morgan fingerprint density at radius 3 is 2.33 bits per heavy atom. The van der Waals surface area contributed by atoms with Gasteiger partial charge in [0.2, 0.25) is 0 Å². The highest BCUT2D eigenvalue weighted by molar-refractivity contribution is 5.84. The molecule has 1 heteroatoms. The Morgan fingerprint density at radius 1 is 0.889 bits per heavy atom. The van der Waals surface area contributed by atoms with Crippen molar-refractivity contribution in [2.24, 2.45) is 5.92 Å². The number of aromatic hydroxyl groups is 1. The molecule has 2 aromatic carbocycles. The zero-order valence-corrected chi connectivity index (χ0v) is 10.9. The molecule has 0 amide bonds. The molecular weight excluding hydrogens is 220 g/mol. The third-order valence-electron chi connectivity index (χ3n) is 4.34. The lowest BCUT2D eigenvalue weighted by Crippen LogP contribution is -2.10. The van der Waals surface area contributed by atoms with Gasteiger partial charge in [-0.1, -0.05) is 44.0 Å². The van der Waals surface area contributed by atoms with Gasteiger partial charge in [0.15, 0.2) is 0 Å². The molecule has 18 heavy (non-hydrogen) atoms. The minimum Gasteiger partial charge on any atom is -0.508 e. The van der Waals surface area contributed by atoms with Crippen LogP contribution in [0.15, 0.2) is 36.4 Å². The van der Waals surface area contributed by atoms with Crippen molar-refractivity contribution < 1.29 is 5.11 Å². The highest BCUT2D eigenvalue weighted by Crippen LogP contribution is 2.36. The van der Waals surface area contributed by atoms with Gasteiger partial charge in [-0.2, -0.15) is 0 Å². The van der Waals surface area contributed by atoms with Gasteiger partial charge in [0.05, 0.1) is 0 Å². The smallest absolute Gasteiger partial charge is 0.116 e. The molecule has 0 heterocycles. The highest BCUT2D eigenvalue weighted by atomic mass is 16.3. The average Bonchev–Trinajstić information content (AvgIpc) is 2.39. The molecule has 3 rings (SSSR count). The molecule has 0 bridgehead atoms. The Balaban J connectivity index is 1.91. The lowest BCUT2D eigenvalue weighted by molar-refractivity contribution is 0.348. The molecule has 0 spiro atoms. The molecule has 94 valence electrons. The van der Waals surface area contributed by atoms with Crippen LogP contribution in [0.25, 0.3) is 10.8 Å². The van der Waals surface area contributed by atoms with E-state index in [0.717, 1.165) is 17.2 Å². The summed E-state index contributed by atoms with van der Waals surface area (Å²) in [5.74, 6) is 1.99. The molecule has 2 aromatic rings. The largest absolute Gasteiger partial charge is 0.508 e. The molecule has 1 aliphatic rings. The van der Waals surface area contributed by atoms with Crippen molar-refractivity contribution in [2.75, 3.05) is 0 Å². The standard InChI is InChI=1S/C17H20O/c1-12-2-4-13(5-3-12)14-6-7-16-11-17(18)9-8-15(16)10-14/h6-13,18H,2-5H2,1H3. The predicted octanol–water partition coefficient (Wildman–Crippen LogP) is 4.84. The fraction of sp³-hybridized carbons (Fsp3) is 0.412. The molecule has 0 aromatic heterocycles. The molecule has 1 saturated carbocycles. The van der Waals surface area contributed by atoms with Crippen LogP contribution < -0.4 is 0 Å². The molecule has 0 radical (unpaired) electrons. The van der Waals surface area contributed by atoms with Crippen LogP contribution in [0.1, 0.15) is 44.1 Å². The number of fused-ring (bicyclic) bond motifs is 1. The summed E-state index contributed by atoms with van der Waals surface area (Å²) >= 11 is 0. The van der Waals surface area contributed by atoms with Crippen molar-refractivity contribution in [1.82, 2.24) is 0 Å². The number of rotatable bonds is 1. The number of benzene rings is 2. The van der Waals surface area contributed by atoms with E-state index >= 15 is 0 Å². The van der Waals surface area contributed by atoms with Crippen LogP contribution in [0.4, 0.5) is 0 Å². The Morgan fingerprint density at radius 2 is 1.56 bits per heavy atom. The number of hydrogen-bond donors (Lipinski definition) is 1. The topological polar surface area (TPSA) is 20.2 Å². The first kappa shape index (κ1) is 11.6. The van der Waals surface area contributed by atoms with E-state index in [4.69, 9.17) is 0 Å².